The van der Waals surface area contributed by atoms with Gasteiger partial charge in [0, 0.05) is 16.6 Å². The van der Waals surface area contributed by atoms with E-state index in [9.17, 15) is 4.39 Å². The average molecular weight is 210 g/mol. The summed E-state index contributed by atoms with van der Waals surface area (Å²) in [4.78, 5) is 0. The molecule has 0 aliphatic carbocycles. The topological polar surface area (TPSA) is 26.0 Å². The Hall–Kier alpha value is -0.310. The number of hydrogen-bond donors (Lipinski definition) is 1. The van der Waals surface area contributed by atoms with Crippen molar-refractivity contribution in [2.75, 3.05) is 0 Å². The van der Waals surface area contributed by atoms with Gasteiger partial charge >= 0.3 is 0 Å². The Kier molecular flexibility index (Phi) is 4.53. The normalized spacial score (nSPS) is 12.0. The highest BCUT2D eigenvalue weighted by Gasteiger charge is 2.06. The lowest BCUT2D eigenvalue weighted by atomic mass is 10.1. The van der Waals surface area contributed by atoms with E-state index in [1.807, 2.05) is 0 Å². The van der Waals surface area contributed by atoms with Crippen LogP contribution in [0.1, 0.15) is 18.5 Å². The molecule has 0 spiro atoms. The van der Waals surface area contributed by atoms with Gasteiger partial charge in [0.05, 0.1) is 0 Å². The van der Waals surface area contributed by atoms with Crippen molar-refractivity contribution < 1.29 is 4.39 Å². The summed E-state index contributed by atoms with van der Waals surface area (Å²) in [5.41, 5.74) is 5.94. The Balaban J connectivity index is 0.00000121. The summed E-state index contributed by atoms with van der Waals surface area (Å²) >= 11 is 5.64. The molecule has 0 radical (unpaired) electrons. The molecule has 1 rings (SSSR count). The Labute approximate surface area is 82.1 Å². The zero-order chi connectivity index (χ0) is 8.43. The third-order valence-corrected chi connectivity index (χ3v) is 1.68. The van der Waals surface area contributed by atoms with E-state index >= 15 is 0 Å². The van der Waals surface area contributed by atoms with Crippen molar-refractivity contribution in [2.24, 2.45) is 5.73 Å². The molecule has 1 aromatic carbocycles. The molecule has 0 aromatic heterocycles. The second kappa shape index (κ2) is 4.65. The molecule has 0 heterocycles. The Bertz CT molecular complexity index is 263. The fourth-order valence-electron chi connectivity index (χ4n) is 0.864. The molecule has 12 heavy (non-hydrogen) atoms. The first-order valence-electron chi connectivity index (χ1n) is 3.32. The van der Waals surface area contributed by atoms with Crippen molar-refractivity contribution in [1.29, 1.82) is 0 Å². The molecule has 1 aromatic rings. The maximum atomic E-state index is 12.9. The van der Waals surface area contributed by atoms with Gasteiger partial charge in [0.1, 0.15) is 5.82 Å². The molecule has 0 aliphatic heterocycles. The van der Waals surface area contributed by atoms with Crippen molar-refractivity contribution >= 4 is 24.0 Å². The van der Waals surface area contributed by atoms with Crippen LogP contribution >= 0.6 is 24.0 Å². The molecule has 1 atom stereocenters. The van der Waals surface area contributed by atoms with Crippen LogP contribution in [-0.2, 0) is 0 Å². The molecule has 0 aliphatic rings. The monoisotopic (exact) mass is 209 g/mol. The first kappa shape index (κ1) is 11.7. The van der Waals surface area contributed by atoms with Gasteiger partial charge in [0.15, 0.2) is 0 Å². The van der Waals surface area contributed by atoms with E-state index in [0.29, 0.717) is 10.6 Å². The van der Waals surface area contributed by atoms with E-state index in [4.69, 9.17) is 17.3 Å². The predicted octanol–water partition coefficient (Wildman–Crippen LogP) is 2.92. The number of benzene rings is 1. The SMILES string of the molecule is C[C@H](N)c1cc(Cl)ccc1F.Cl. The highest BCUT2D eigenvalue weighted by Crippen LogP contribution is 2.19. The molecule has 68 valence electrons. The quantitative estimate of drug-likeness (QED) is 0.757. The van der Waals surface area contributed by atoms with Gasteiger partial charge in [-0.25, -0.2) is 4.39 Å². The molecule has 0 unspecified atom stereocenters. The Morgan fingerprint density at radius 2 is 2.08 bits per heavy atom. The summed E-state index contributed by atoms with van der Waals surface area (Å²) in [5.74, 6) is -0.301. The number of nitrogens with two attached hydrogens (primary N) is 1. The Morgan fingerprint density at radius 3 is 2.50 bits per heavy atom. The lowest BCUT2D eigenvalue weighted by Crippen LogP contribution is -2.06. The van der Waals surface area contributed by atoms with Gasteiger partial charge in [-0.15, -0.1) is 12.4 Å². The molecule has 2 N–H and O–H groups in total. The van der Waals surface area contributed by atoms with Crippen LogP contribution < -0.4 is 5.73 Å². The molecular weight excluding hydrogens is 200 g/mol. The summed E-state index contributed by atoms with van der Waals surface area (Å²) < 4.78 is 12.9. The maximum Gasteiger partial charge on any atom is 0.128 e. The van der Waals surface area contributed by atoms with Crippen LogP contribution in [0.2, 0.25) is 5.02 Å². The number of rotatable bonds is 1. The Morgan fingerprint density at radius 1 is 1.50 bits per heavy atom. The van der Waals surface area contributed by atoms with Crippen LogP contribution in [-0.4, -0.2) is 0 Å². The standard InChI is InChI=1S/C8H9ClFN.ClH/c1-5(11)7-4-6(9)2-3-8(7)10;/h2-5H,11H2,1H3;1H/t5-;/m0./s1. The van der Waals surface area contributed by atoms with Crippen molar-refractivity contribution in [3.8, 4) is 0 Å². The highest BCUT2D eigenvalue weighted by atomic mass is 35.5. The van der Waals surface area contributed by atoms with Crippen molar-refractivity contribution in [2.45, 2.75) is 13.0 Å². The minimum atomic E-state index is -0.311. The zero-order valence-electron chi connectivity index (χ0n) is 6.55. The molecular formula is C8H10Cl2FN. The summed E-state index contributed by atoms with van der Waals surface area (Å²) in [6, 6.07) is 4.06. The first-order valence-corrected chi connectivity index (χ1v) is 3.69. The van der Waals surface area contributed by atoms with Gasteiger partial charge in [0.2, 0.25) is 0 Å². The van der Waals surface area contributed by atoms with Gasteiger partial charge in [-0.05, 0) is 25.1 Å². The van der Waals surface area contributed by atoms with Gasteiger partial charge in [-0.3, -0.25) is 0 Å². The average Bonchev–Trinajstić information content (AvgIpc) is 1.94. The summed E-state index contributed by atoms with van der Waals surface area (Å²) in [6.45, 7) is 1.72. The molecule has 0 fully saturated rings. The smallest absolute Gasteiger partial charge is 0.128 e. The van der Waals surface area contributed by atoms with Gasteiger partial charge in [-0.1, -0.05) is 11.6 Å². The third kappa shape index (κ3) is 2.63. The largest absolute Gasteiger partial charge is 0.324 e. The highest BCUT2D eigenvalue weighted by molar-refractivity contribution is 6.30. The first-order chi connectivity index (χ1) is 5.11. The number of halogens is 3. The second-order valence-electron chi connectivity index (χ2n) is 2.45. The van der Waals surface area contributed by atoms with Gasteiger partial charge in [0.25, 0.3) is 0 Å². The molecule has 4 heteroatoms. The van der Waals surface area contributed by atoms with Crippen LogP contribution in [0.5, 0.6) is 0 Å². The molecule has 0 amide bonds. The third-order valence-electron chi connectivity index (χ3n) is 1.45. The minimum absolute atomic E-state index is 0. The minimum Gasteiger partial charge on any atom is -0.324 e. The summed E-state index contributed by atoms with van der Waals surface area (Å²) in [5, 5.41) is 0.513. The molecule has 1 nitrogen and oxygen atoms in total. The van der Waals surface area contributed by atoms with E-state index < -0.39 is 0 Å². The fraction of sp³-hybridized carbons (Fsp3) is 0.250. The number of hydrogen-bond acceptors (Lipinski definition) is 1. The zero-order valence-corrected chi connectivity index (χ0v) is 8.12. The van der Waals surface area contributed by atoms with E-state index in [0.717, 1.165) is 0 Å². The van der Waals surface area contributed by atoms with Crippen molar-refractivity contribution in [3.05, 3.63) is 34.6 Å². The summed E-state index contributed by atoms with van der Waals surface area (Å²) in [6.07, 6.45) is 0. The van der Waals surface area contributed by atoms with E-state index in [1.165, 1.54) is 12.1 Å². The van der Waals surface area contributed by atoms with Crippen LogP contribution in [0.25, 0.3) is 0 Å². The van der Waals surface area contributed by atoms with E-state index in [1.54, 1.807) is 13.0 Å². The predicted molar refractivity (Wildman–Crippen MR) is 51.3 cm³/mol. The van der Waals surface area contributed by atoms with Crippen molar-refractivity contribution in [1.82, 2.24) is 0 Å². The van der Waals surface area contributed by atoms with Crippen LogP contribution in [0.15, 0.2) is 18.2 Å². The van der Waals surface area contributed by atoms with Crippen LogP contribution in [0, 0.1) is 5.82 Å². The second-order valence-corrected chi connectivity index (χ2v) is 2.89. The van der Waals surface area contributed by atoms with E-state index in [2.05, 4.69) is 0 Å². The maximum absolute atomic E-state index is 12.9. The lowest BCUT2D eigenvalue weighted by Gasteiger charge is -2.06. The van der Waals surface area contributed by atoms with Gasteiger partial charge in [-0.2, -0.15) is 0 Å². The van der Waals surface area contributed by atoms with Gasteiger partial charge < -0.3 is 5.73 Å². The lowest BCUT2D eigenvalue weighted by molar-refractivity contribution is 0.594. The van der Waals surface area contributed by atoms with Crippen LogP contribution in [0.4, 0.5) is 4.39 Å². The summed E-state index contributed by atoms with van der Waals surface area (Å²) in [7, 11) is 0. The fourth-order valence-corrected chi connectivity index (χ4v) is 1.04. The van der Waals surface area contributed by atoms with Crippen molar-refractivity contribution in [3.63, 3.8) is 0 Å². The van der Waals surface area contributed by atoms with E-state index in [-0.39, 0.29) is 24.3 Å². The molecule has 0 saturated heterocycles. The van der Waals surface area contributed by atoms with Crippen LogP contribution in [0.3, 0.4) is 0 Å². The molecule has 0 bridgehead atoms. The molecule has 0 saturated carbocycles.